The Morgan fingerprint density at radius 1 is 1.37 bits per heavy atom. The molecular weight excluding hydrogens is 267 g/mol. The lowest BCUT2D eigenvalue weighted by Crippen LogP contribution is -2.02. The molecular formula is C13H15FN2O2S. The van der Waals surface area contributed by atoms with Crippen LogP contribution in [0.4, 0.5) is 4.39 Å². The lowest BCUT2D eigenvalue weighted by atomic mass is 10.3. The largest absolute Gasteiger partial charge is 0.493 e. The van der Waals surface area contributed by atoms with Gasteiger partial charge in [-0.1, -0.05) is 11.8 Å². The van der Waals surface area contributed by atoms with Gasteiger partial charge in [-0.2, -0.15) is 0 Å². The Hall–Kier alpha value is -1.53. The Labute approximate surface area is 115 Å². The SMILES string of the molecule is Cn1c(CO)cnc1SCCOc1ccc(F)cc1. The number of aliphatic hydroxyl groups is 1. The highest BCUT2D eigenvalue weighted by atomic mass is 32.2. The van der Waals surface area contributed by atoms with Crippen molar-refractivity contribution < 1.29 is 14.2 Å². The maximum absolute atomic E-state index is 12.7. The van der Waals surface area contributed by atoms with E-state index in [0.29, 0.717) is 12.4 Å². The van der Waals surface area contributed by atoms with Gasteiger partial charge in [0.05, 0.1) is 25.1 Å². The van der Waals surface area contributed by atoms with Crippen molar-refractivity contribution in [3.8, 4) is 5.75 Å². The Morgan fingerprint density at radius 3 is 2.74 bits per heavy atom. The highest BCUT2D eigenvalue weighted by Crippen LogP contribution is 2.18. The Bertz CT molecular complexity index is 528. The van der Waals surface area contributed by atoms with E-state index in [1.54, 1.807) is 30.1 Å². The van der Waals surface area contributed by atoms with Crippen molar-refractivity contribution in [1.82, 2.24) is 9.55 Å². The molecule has 1 N–H and O–H groups in total. The molecule has 0 saturated carbocycles. The molecule has 0 unspecified atom stereocenters. The van der Waals surface area contributed by atoms with E-state index < -0.39 is 0 Å². The van der Waals surface area contributed by atoms with Crippen molar-refractivity contribution in [2.45, 2.75) is 11.8 Å². The molecule has 0 fully saturated rings. The molecule has 2 aromatic rings. The van der Waals surface area contributed by atoms with Gasteiger partial charge in [0.1, 0.15) is 11.6 Å². The van der Waals surface area contributed by atoms with Gasteiger partial charge in [0.25, 0.3) is 0 Å². The van der Waals surface area contributed by atoms with E-state index >= 15 is 0 Å². The summed E-state index contributed by atoms with van der Waals surface area (Å²) in [5, 5.41) is 9.89. The molecule has 0 radical (unpaired) electrons. The van der Waals surface area contributed by atoms with E-state index in [1.807, 2.05) is 11.6 Å². The zero-order valence-corrected chi connectivity index (χ0v) is 11.4. The van der Waals surface area contributed by atoms with E-state index in [9.17, 15) is 4.39 Å². The monoisotopic (exact) mass is 282 g/mol. The molecule has 102 valence electrons. The average Bonchev–Trinajstić information content (AvgIpc) is 2.77. The minimum absolute atomic E-state index is 0.0177. The number of hydrogen-bond acceptors (Lipinski definition) is 4. The Balaban J connectivity index is 1.77. The van der Waals surface area contributed by atoms with Crippen LogP contribution in [-0.4, -0.2) is 27.0 Å². The predicted octanol–water partition coefficient (Wildman–Crippen LogP) is 2.22. The predicted molar refractivity (Wildman–Crippen MR) is 71.7 cm³/mol. The normalized spacial score (nSPS) is 10.7. The molecule has 1 aromatic heterocycles. The zero-order valence-electron chi connectivity index (χ0n) is 10.5. The zero-order chi connectivity index (χ0) is 13.7. The molecule has 0 aliphatic rings. The quantitative estimate of drug-likeness (QED) is 0.652. The van der Waals surface area contributed by atoms with Crippen molar-refractivity contribution >= 4 is 11.8 Å². The van der Waals surface area contributed by atoms with E-state index in [4.69, 9.17) is 9.84 Å². The lowest BCUT2D eigenvalue weighted by Gasteiger charge is -2.06. The fraction of sp³-hybridized carbons (Fsp3) is 0.308. The second kappa shape index (κ2) is 6.58. The van der Waals surface area contributed by atoms with Gasteiger partial charge in [-0.05, 0) is 24.3 Å². The summed E-state index contributed by atoms with van der Waals surface area (Å²) >= 11 is 1.55. The van der Waals surface area contributed by atoms with Crippen LogP contribution in [0.2, 0.25) is 0 Å². The summed E-state index contributed by atoms with van der Waals surface area (Å²) in [6.45, 7) is 0.494. The van der Waals surface area contributed by atoms with E-state index in [1.165, 1.54) is 12.1 Å². The van der Waals surface area contributed by atoms with Gasteiger partial charge in [0, 0.05) is 12.8 Å². The number of aliphatic hydroxyl groups excluding tert-OH is 1. The first-order chi connectivity index (χ1) is 9.20. The van der Waals surface area contributed by atoms with Crippen molar-refractivity contribution in [2.24, 2.45) is 7.05 Å². The minimum Gasteiger partial charge on any atom is -0.493 e. The van der Waals surface area contributed by atoms with Crippen LogP contribution in [0, 0.1) is 5.82 Å². The topological polar surface area (TPSA) is 47.3 Å². The Morgan fingerprint density at radius 2 is 2.11 bits per heavy atom. The second-order valence-electron chi connectivity index (χ2n) is 3.90. The third-order valence-electron chi connectivity index (χ3n) is 2.60. The molecule has 6 heteroatoms. The molecule has 4 nitrogen and oxygen atoms in total. The first-order valence-electron chi connectivity index (χ1n) is 5.83. The van der Waals surface area contributed by atoms with Crippen LogP contribution in [0.1, 0.15) is 5.69 Å². The first kappa shape index (κ1) is 13.9. The summed E-state index contributed by atoms with van der Waals surface area (Å²) in [7, 11) is 1.86. The molecule has 1 aromatic carbocycles. The second-order valence-corrected chi connectivity index (χ2v) is 4.96. The highest BCUT2D eigenvalue weighted by Gasteiger charge is 2.05. The van der Waals surface area contributed by atoms with Crippen LogP contribution >= 0.6 is 11.8 Å². The molecule has 0 aliphatic heterocycles. The number of ether oxygens (including phenoxy) is 1. The van der Waals surface area contributed by atoms with Crippen LogP contribution in [0.3, 0.4) is 0 Å². The molecule has 19 heavy (non-hydrogen) atoms. The van der Waals surface area contributed by atoms with Gasteiger partial charge in [0.2, 0.25) is 0 Å². The van der Waals surface area contributed by atoms with Crippen LogP contribution < -0.4 is 4.74 Å². The number of aromatic nitrogens is 2. The number of thioether (sulfide) groups is 1. The first-order valence-corrected chi connectivity index (χ1v) is 6.82. The number of imidazole rings is 1. The van der Waals surface area contributed by atoms with E-state index in [2.05, 4.69) is 4.98 Å². The van der Waals surface area contributed by atoms with Gasteiger partial charge in [-0.15, -0.1) is 0 Å². The lowest BCUT2D eigenvalue weighted by molar-refractivity contribution is 0.271. The van der Waals surface area contributed by atoms with E-state index in [-0.39, 0.29) is 12.4 Å². The number of rotatable bonds is 6. The maximum atomic E-state index is 12.7. The molecule has 0 bridgehead atoms. The fourth-order valence-electron chi connectivity index (χ4n) is 1.53. The number of hydrogen-bond donors (Lipinski definition) is 1. The number of benzene rings is 1. The standard InChI is InChI=1S/C13H15FN2O2S/c1-16-11(9-17)8-15-13(16)19-7-6-18-12-4-2-10(14)3-5-12/h2-5,8,17H,6-7,9H2,1H3. The fourth-order valence-corrected chi connectivity index (χ4v) is 2.32. The van der Waals surface area contributed by atoms with Crippen molar-refractivity contribution in [2.75, 3.05) is 12.4 Å². The van der Waals surface area contributed by atoms with Gasteiger partial charge >= 0.3 is 0 Å². The number of nitrogens with zero attached hydrogens (tertiary/aromatic N) is 2. The smallest absolute Gasteiger partial charge is 0.168 e. The summed E-state index contributed by atoms with van der Waals surface area (Å²) in [5.41, 5.74) is 0.780. The van der Waals surface area contributed by atoms with Gasteiger partial charge < -0.3 is 14.4 Å². The highest BCUT2D eigenvalue weighted by molar-refractivity contribution is 7.99. The van der Waals surface area contributed by atoms with Crippen molar-refractivity contribution in [3.63, 3.8) is 0 Å². The average molecular weight is 282 g/mol. The summed E-state index contributed by atoms with van der Waals surface area (Å²) in [5.74, 6) is 1.11. The summed E-state index contributed by atoms with van der Waals surface area (Å²) in [4.78, 5) is 4.20. The van der Waals surface area contributed by atoms with Gasteiger partial charge in [-0.3, -0.25) is 0 Å². The minimum atomic E-state index is -0.272. The molecule has 1 heterocycles. The molecule has 0 atom stereocenters. The molecule has 0 aliphatic carbocycles. The Kier molecular flexibility index (Phi) is 4.81. The van der Waals surface area contributed by atoms with Crippen molar-refractivity contribution in [3.05, 3.63) is 42.0 Å². The maximum Gasteiger partial charge on any atom is 0.168 e. The third-order valence-corrected chi connectivity index (χ3v) is 3.61. The third kappa shape index (κ3) is 3.71. The molecule has 0 amide bonds. The van der Waals surface area contributed by atoms with Crippen LogP contribution in [-0.2, 0) is 13.7 Å². The molecule has 0 spiro atoms. The van der Waals surface area contributed by atoms with Crippen molar-refractivity contribution in [1.29, 1.82) is 0 Å². The summed E-state index contributed by atoms with van der Waals surface area (Å²) in [6, 6.07) is 5.94. The van der Waals surface area contributed by atoms with Crippen LogP contribution in [0.5, 0.6) is 5.75 Å². The van der Waals surface area contributed by atoms with Gasteiger partial charge in [0.15, 0.2) is 5.16 Å². The molecule has 2 rings (SSSR count). The molecule has 0 saturated heterocycles. The van der Waals surface area contributed by atoms with Gasteiger partial charge in [-0.25, -0.2) is 9.37 Å². The summed E-state index contributed by atoms with van der Waals surface area (Å²) in [6.07, 6.45) is 1.66. The van der Waals surface area contributed by atoms with E-state index in [0.717, 1.165) is 16.6 Å². The van der Waals surface area contributed by atoms with Crippen LogP contribution in [0.15, 0.2) is 35.6 Å². The van der Waals surface area contributed by atoms with Crippen LogP contribution in [0.25, 0.3) is 0 Å². The number of halogens is 1. The summed E-state index contributed by atoms with van der Waals surface area (Å²) < 4.78 is 20.0.